The molecule has 0 aromatic heterocycles. The first kappa shape index (κ1) is 16.9. The number of hydrogen-bond donors (Lipinski definition) is 1. The molecule has 0 aliphatic heterocycles. The summed E-state index contributed by atoms with van der Waals surface area (Å²) in [5.74, 6) is 0.671. The summed E-state index contributed by atoms with van der Waals surface area (Å²) >= 11 is 1.68. The van der Waals surface area contributed by atoms with E-state index in [4.69, 9.17) is 0 Å². The molecule has 0 atom stereocenters. The zero-order chi connectivity index (χ0) is 15.0. The van der Waals surface area contributed by atoms with E-state index in [0.717, 1.165) is 19.5 Å². The summed E-state index contributed by atoms with van der Waals surface area (Å²) in [5.41, 5.74) is 1.21. The first-order valence-corrected chi connectivity index (χ1v) is 8.04. The van der Waals surface area contributed by atoms with Crippen LogP contribution < -0.4 is 10.2 Å². The highest BCUT2D eigenvalue weighted by atomic mass is 32.2. The van der Waals surface area contributed by atoms with E-state index in [0.29, 0.717) is 5.75 Å². The molecule has 0 fully saturated rings. The molecular weight excluding hydrogens is 268 g/mol. The summed E-state index contributed by atoms with van der Waals surface area (Å²) in [6.45, 7) is 8.05. The Morgan fingerprint density at radius 3 is 2.50 bits per heavy atom. The Bertz CT molecular complexity index is 401. The van der Waals surface area contributed by atoms with Crippen molar-refractivity contribution in [1.82, 2.24) is 5.32 Å². The molecule has 1 amide bonds. The maximum Gasteiger partial charge on any atom is 0.230 e. The number of hydrogen-bond acceptors (Lipinski definition) is 3. The molecule has 0 saturated heterocycles. The molecule has 3 nitrogen and oxygen atoms in total. The van der Waals surface area contributed by atoms with Gasteiger partial charge in [0.15, 0.2) is 0 Å². The molecule has 1 aromatic carbocycles. The Morgan fingerprint density at radius 2 is 1.90 bits per heavy atom. The molecule has 0 unspecified atom stereocenters. The first-order chi connectivity index (χ1) is 9.38. The molecule has 1 N–H and O–H groups in total. The maximum absolute atomic E-state index is 11.7. The summed E-state index contributed by atoms with van der Waals surface area (Å²) < 4.78 is 0.144. The van der Waals surface area contributed by atoms with Crippen LogP contribution in [0.4, 0.5) is 5.69 Å². The largest absolute Gasteiger partial charge is 0.375 e. The number of thioether (sulfide) groups is 1. The van der Waals surface area contributed by atoms with Gasteiger partial charge in [-0.05, 0) is 18.6 Å². The monoisotopic (exact) mass is 294 g/mol. The van der Waals surface area contributed by atoms with Crippen molar-refractivity contribution in [1.29, 1.82) is 0 Å². The molecule has 0 bridgehead atoms. The molecule has 0 saturated carbocycles. The van der Waals surface area contributed by atoms with Crippen LogP contribution in [0.15, 0.2) is 30.3 Å². The Kier molecular flexibility index (Phi) is 6.93. The summed E-state index contributed by atoms with van der Waals surface area (Å²) in [5, 5.41) is 2.98. The number of carbonyl (C=O) groups is 1. The number of rotatable bonds is 7. The Balaban J connectivity index is 2.14. The van der Waals surface area contributed by atoms with Crippen molar-refractivity contribution < 1.29 is 4.79 Å². The van der Waals surface area contributed by atoms with Gasteiger partial charge in [-0.15, -0.1) is 11.8 Å². The van der Waals surface area contributed by atoms with Gasteiger partial charge in [-0.3, -0.25) is 4.79 Å². The molecule has 0 aliphatic rings. The van der Waals surface area contributed by atoms with E-state index in [9.17, 15) is 4.79 Å². The van der Waals surface area contributed by atoms with Crippen molar-refractivity contribution in [2.75, 3.05) is 30.8 Å². The van der Waals surface area contributed by atoms with Crippen LogP contribution in [-0.4, -0.2) is 36.5 Å². The van der Waals surface area contributed by atoms with E-state index < -0.39 is 0 Å². The third-order valence-corrected chi connectivity index (χ3v) is 4.10. The van der Waals surface area contributed by atoms with E-state index in [2.05, 4.69) is 50.2 Å². The second-order valence-corrected chi connectivity index (χ2v) is 7.66. The molecule has 1 aromatic rings. The topological polar surface area (TPSA) is 32.3 Å². The summed E-state index contributed by atoms with van der Waals surface area (Å²) in [6, 6.07) is 10.3. The number of anilines is 1. The van der Waals surface area contributed by atoms with Gasteiger partial charge in [-0.1, -0.05) is 39.0 Å². The first-order valence-electron chi connectivity index (χ1n) is 7.05. The van der Waals surface area contributed by atoms with E-state index in [1.807, 2.05) is 18.2 Å². The van der Waals surface area contributed by atoms with Crippen molar-refractivity contribution in [2.24, 2.45) is 0 Å². The molecule has 0 spiro atoms. The standard InChI is InChI=1S/C16H26N2OS/c1-16(2,3)20-13-15(19)17-11-8-12-18(4)14-9-6-5-7-10-14/h5-7,9-10H,8,11-13H2,1-4H3,(H,17,19). The van der Waals surface area contributed by atoms with Crippen molar-refractivity contribution in [3.63, 3.8) is 0 Å². The summed E-state index contributed by atoms with van der Waals surface area (Å²) in [4.78, 5) is 13.9. The Labute approximate surface area is 127 Å². The van der Waals surface area contributed by atoms with Crippen LogP contribution in [0.2, 0.25) is 0 Å². The quantitative estimate of drug-likeness (QED) is 0.784. The second kappa shape index (κ2) is 8.20. The smallest absolute Gasteiger partial charge is 0.230 e. The minimum Gasteiger partial charge on any atom is -0.375 e. The van der Waals surface area contributed by atoms with Crippen molar-refractivity contribution >= 4 is 23.4 Å². The molecule has 0 radical (unpaired) electrons. The highest BCUT2D eigenvalue weighted by Gasteiger charge is 2.12. The molecule has 1 rings (SSSR count). The van der Waals surface area contributed by atoms with Crippen LogP contribution in [0.3, 0.4) is 0 Å². The summed E-state index contributed by atoms with van der Waals surface area (Å²) in [7, 11) is 2.08. The van der Waals surface area contributed by atoms with E-state index in [-0.39, 0.29) is 10.7 Å². The van der Waals surface area contributed by atoms with Gasteiger partial charge in [0.1, 0.15) is 0 Å². The predicted octanol–water partition coefficient (Wildman–Crippen LogP) is 3.16. The fourth-order valence-corrected chi connectivity index (χ4v) is 2.35. The van der Waals surface area contributed by atoms with Crippen molar-refractivity contribution in [2.45, 2.75) is 31.9 Å². The van der Waals surface area contributed by atoms with Gasteiger partial charge in [0.2, 0.25) is 5.91 Å². The lowest BCUT2D eigenvalue weighted by molar-refractivity contribution is -0.118. The number of nitrogens with one attached hydrogen (secondary N) is 1. The van der Waals surface area contributed by atoms with Gasteiger partial charge in [0.25, 0.3) is 0 Å². The number of para-hydroxylation sites is 1. The SMILES string of the molecule is CN(CCCNC(=O)CSC(C)(C)C)c1ccccc1. The van der Waals surface area contributed by atoms with Gasteiger partial charge in [-0.25, -0.2) is 0 Å². The number of benzene rings is 1. The minimum absolute atomic E-state index is 0.132. The van der Waals surface area contributed by atoms with E-state index in [1.165, 1.54) is 5.69 Å². The lowest BCUT2D eigenvalue weighted by Crippen LogP contribution is -2.30. The highest BCUT2D eigenvalue weighted by molar-refractivity contribution is 8.01. The van der Waals surface area contributed by atoms with Gasteiger partial charge in [0.05, 0.1) is 5.75 Å². The van der Waals surface area contributed by atoms with Gasteiger partial charge in [-0.2, -0.15) is 0 Å². The zero-order valence-corrected chi connectivity index (χ0v) is 13.8. The van der Waals surface area contributed by atoms with Gasteiger partial charge in [0, 0.05) is 30.6 Å². The fourth-order valence-electron chi connectivity index (χ4n) is 1.69. The average Bonchev–Trinajstić information content (AvgIpc) is 2.41. The lowest BCUT2D eigenvalue weighted by atomic mass is 10.3. The van der Waals surface area contributed by atoms with Crippen LogP contribution in [0.25, 0.3) is 0 Å². The van der Waals surface area contributed by atoms with Gasteiger partial charge >= 0.3 is 0 Å². The van der Waals surface area contributed by atoms with Crippen LogP contribution >= 0.6 is 11.8 Å². The zero-order valence-electron chi connectivity index (χ0n) is 13.0. The van der Waals surface area contributed by atoms with E-state index >= 15 is 0 Å². The maximum atomic E-state index is 11.7. The van der Waals surface area contributed by atoms with Crippen LogP contribution in [0.5, 0.6) is 0 Å². The molecular formula is C16H26N2OS. The highest BCUT2D eigenvalue weighted by Crippen LogP contribution is 2.22. The molecule has 0 aliphatic carbocycles. The Hall–Kier alpha value is -1.16. The molecule has 4 heteroatoms. The van der Waals surface area contributed by atoms with E-state index in [1.54, 1.807) is 11.8 Å². The van der Waals surface area contributed by atoms with Crippen LogP contribution in [0.1, 0.15) is 27.2 Å². The lowest BCUT2D eigenvalue weighted by Gasteiger charge is -2.19. The number of nitrogens with zero attached hydrogens (tertiary/aromatic N) is 1. The number of amides is 1. The normalized spacial score (nSPS) is 11.2. The Morgan fingerprint density at radius 1 is 1.25 bits per heavy atom. The predicted molar refractivity (Wildman–Crippen MR) is 89.5 cm³/mol. The van der Waals surface area contributed by atoms with Crippen LogP contribution in [0, 0.1) is 0 Å². The minimum atomic E-state index is 0.132. The van der Waals surface area contributed by atoms with Gasteiger partial charge < -0.3 is 10.2 Å². The summed E-state index contributed by atoms with van der Waals surface area (Å²) in [6.07, 6.45) is 0.956. The average molecular weight is 294 g/mol. The molecule has 0 heterocycles. The van der Waals surface area contributed by atoms with Crippen LogP contribution in [-0.2, 0) is 4.79 Å². The van der Waals surface area contributed by atoms with Crippen molar-refractivity contribution in [3.8, 4) is 0 Å². The molecule has 112 valence electrons. The second-order valence-electron chi connectivity index (χ2n) is 5.86. The fraction of sp³-hybridized carbons (Fsp3) is 0.562. The van der Waals surface area contributed by atoms with Crippen molar-refractivity contribution in [3.05, 3.63) is 30.3 Å². The third kappa shape index (κ3) is 7.43. The third-order valence-electron chi connectivity index (χ3n) is 2.83. The molecule has 20 heavy (non-hydrogen) atoms. The number of carbonyl (C=O) groups excluding carboxylic acids is 1.